The van der Waals surface area contributed by atoms with Crippen LogP contribution in [0.25, 0.3) is 0 Å². The Morgan fingerprint density at radius 2 is 2.00 bits per heavy atom. The second-order valence-corrected chi connectivity index (χ2v) is 6.45. The van der Waals surface area contributed by atoms with Gasteiger partial charge in [0.25, 0.3) is 0 Å². The smallest absolute Gasteiger partial charge is 0.340 e. The lowest BCUT2D eigenvalue weighted by Crippen LogP contribution is -2.46. The number of hydrazine groups is 1. The summed E-state index contributed by atoms with van der Waals surface area (Å²) >= 11 is 1.60. The Balaban J connectivity index is 2.02. The molecule has 136 valence electrons. The van der Waals surface area contributed by atoms with E-state index in [-0.39, 0.29) is 18.5 Å². The van der Waals surface area contributed by atoms with Gasteiger partial charge in [-0.1, -0.05) is 6.07 Å². The number of nitrogens with zero attached hydrogens (tertiary/aromatic N) is 2. The van der Waals surface area contributed by atoms with Gasteiger partial charge in [-0.15, -0.1) is 0 Å². The number of hydrogen-bond donors (Lipinski definition) is 1. The van der Waals surface area contributed by atoms with E-state index in [0.29, 0.717) is 30.8 Å². The summed E-state index contributed by atoms with van der Waals surface area (Å²) in [5.41, 5.74) is 0.855. The maximum Gasteiger partial charge on any atom is 0.340 e. The van der Waals surface area contributed by atoms with E-state index in [2.05, 4.69) is 5.32 Å². The molecule has 0 bridgehead atoms. The quantitative estimate of drug-likeness (QED) is 0.784. The molecule has 0 aromatic heterocycles. The van der Waals surface area contributed by atoms with Crippen molar-refractivity contribution in [3.05, 3.63) is 29.8 Å². The number of hydrogen-bond acceptors (Lipinski definition) is 5. The number of anilines is 1. The van der Waals surface area contributed by atoms with Crippen LogP contribution in [0.4, 0.5) is 10.5 Å². The highest BCUT2D eigenvalue weighted by Crippen LogP contribution is 2.17. The number of nitrogens with one attached hydrogen (secondary N) is 1. The van der Waals surface area contributed by atoms with E-state index >= 15 is 0 Å². The normalized spacial score (nSPS) is 13.7. The van der Waals surface area contributed by atoms with Crippen molar-refractivity contribution in [3.63, 3.8) is 0 Å². The topological polar surface area (TPSA) is 79.0 Å². The van der Waals surface area contributed by atoms with Crippen molar-refractivity contribution in [2.24, 2.45) is 0 Å². The van der Waals surface area contributed by atoms with Crippen LogP contribution in [0.15, 0.2) is 24.3 Å². The first-order chi connectivity index (χ1) is 12.1. The van der Waals surface area contributed by atoms with Gasteiger partial charge in [0.15, 0.2) is 0 Å². The minimum atomic E-state index is -0.436. The van der Waals surface area contributed by atoms with Crippen LogP contribution in [0.5, 0.6) is 0 Å². The molecule has 0 unspecified atom stereocenters. The summed E-state index contributed by atoms with van der Waals surface area (Å²) in [6, 6.07) is 6.17. The number of thioether (sulfide) groups is 1. The van der Waals surface area contributed by atoms with Crippen molar-refractivity contribution < 1.29 is 19.1 Å². The molecular weight excluding hydrogens is 342 g/mol. The van der Waals surface area contributed by atoms with Gasteiger partial charge < -0.3 is 10.1 Å². The lowest BCUT2D eigenvalue weighted by atomic mass is 10.2. The van der Waals surface area contributed by atoms with Crippen LogP contribution >= 0.6 is 11.8 Å². The van der Waals surface area contributed by atoms with Crippen LogP contribution in [0.3, 0.4) is 0 Å². The summed E-state index contributed by atoms with van der Waals surface area (Å²) in [6.45, 7) is 3.06. The number of rotatable bonds is 6. The number of urea groups is 1. The van der Waals surface area contributed by atoms with E-state index in [9.17, 15) is 14.4 Å². The first-order valence-corrected chi connectivity index (χ1v) is 9.61. The standard InChI is InChI=1S/C17H23N3O4S/c1-3-24-16(22)13-6-4-7-14(12-13)18-17(23)20-10-5-9-19(20)15(21)8-11-25-2/h4,6-7,12H,3,5,8-11H2,1-2H3,(H,18,23). The highest BCUT2D eigenvalue weighted by atomic mass is 32.2. The van der Waals surface area contributed by atoms with Gasteiger partial charge in [-0.2, -0.15) is 11.8 Å². The first-order valence-electron chi connectivity index (χ1n) is 8.21. The van der Waals surface area contributed by atoms with Crippen LogP contribution in [-0.2, 0) is 9.53 Å². The van der Waals surface area contributed by atoms with E-state index in [1.54, 1.807) is 43.0 Å². The highest BCUT2D eigenvalue weighted by molar-refractivity contribution is 7.98. The largest absolute Gasteiger partial charge is 0.462 e. The van der Waals surface area contributed by atoms with Gasteiger partial charge in [-0.25, -0.2) is 19.6 Å². The van der Waals surface area contributed by atoms with Crippen molar-refractivity contribution in [1.82, 2.24) is 10.0 Å². The van der Waals surface area contributed by atoms with Crippen molar-refractivity contribution in [2.75, 3.05) is 37.0 Å². The first kappa shape index (κ1) is 19.1. The molecular formula is C17H23N3O4S. The molecule has 0 saturated carbocycles. The Morgan fingerprint density at radius 3 is 2.72 bits per heavy atom. The number of benzene rings is 1. The summed E-state index contributed by atoms with van der Waals surface area (Å²) in [4.78, 5) is 36.5. The molecule has 1 saturated heterocycles. The molecule has 8 heteroatoms. The molecule has 0 spiro atoms. The predicted molar refractivity (Wildman–Crippen MR) is 97.5 cm³/mol. The molecule has 0 radical (unpaired) electrons. The van der Waals surface area contributed by atoms with Crippen molar-refractivity contribution >= 4 is 35.4 Å². The Morgan fingerprint density at radius 1 is 1.24 bits per heavy atom. The van der Waals surface area contributed by atoms with E-state index < -0.39 is 5.97 Å². The van der Waals surface area contributed by atoms with E-state index in [4.69, 9.17) is 4.74 Å². The Bertz CT molecular complexity index is 638. The molecule has 1 aliphatic rings. The second kappa shape index (κ2) is 9.31. The lowest BCUT2D eigenvalue weighted by Gasteiger charge is -2.28. The lowest BCUT2D eigenvalue weighted by molar-refractivity contribution is -0.139. The maximum absolute atomic E-state index is 12.5. The summed E-state index contributed by atoms with van der Waals surface area (Å²) in [5.74, 6) is 0.239. The third kappa shape index (κ3) is 5.12. The van der Waals surface area contributed by atoms with Crippen LogP contribution in [-0.4, -0.2) is 59.6 Å². The summed E-state index contributed by atoms with van der Waals surface area (Å²) in [6.07, 6.45) is 3.10. The van der Waals surface area contributed by atoms with Crippen molar-refractivity contribution in [3.8, 4) is 0 Å². The number of ether oxygens (including phenoxy) is 1. The minimum absolute atomic E-state index is 0.0534. The van der Waals surface area contributed by atoms with Crippen LogP contribution in [0.1, 0.15) is 30.1 Å². The van der Waals surface area contributed by atoms with Gasteiger partial charge >= 0.3 is 12.0 Å². The Labute approximate surface area is 151 Å². The molecule has 1 aromatic rings. The van der Waals surface area contributed by atoms with E-state index in [0.717, 1.165) is 12.2 Å². The molecule has 2 rings (SSSR count). The van der Waals surface area contributed by atoms with Crippen molar-refractivity contribution in [2.45, 2.75) is 19.8 Å². The predicted octanol–water partition coefficient (Wildman–Crippen LogP) is 2.60. The number of carbonyl (C=O) groups is 3. The zero-order chi connectivity index (χ0) is 18.2. The molecule has 1 aromatic carbocycles. The molecule has 3 amide bonds. The molecule has 7 nitrogen and oxygen atoms in total. The fraction of sp³-hybridized carbons (Fsp3) is 0.471. The zero-order valence-corrected chi connectivity index (χ0v) is 15.3. The average molecular weight is 365 g/mol. The summed E-state index contributed by atoms with van der Waals surface area (Å²) in [5, 5.41) is 5.67. The van der Waals surface area contributed by atoms with Gasteiger partial charge in [-0.3, -0.25) is 4.79 Å². The third-order valence-electron chi connectivity index (χ3n) is 3.70. The van der Waals surface area contributed by atoms with Crippen LogP contribution < -0.4 is 5.32 Å². The third-order valence-corrected chi connectivity index (χ3v) is 4.31. The summed E-state index contributed by atoms with van der Waals surface area (Å²) < 4.78 is 4.96. The number of amides is 3. The van der Waals surface area contributed by atoms with Gasteiger partial charge in [0, 0.05) is 31.0 Å². The van der Waals surface area contributed by atoms with Gasteiger partial charge in [0.2, 0.25) is 5.91 Å². The van der Waals surface area contributed by atoms with Gasteiger partial charge in [0.05, 0.1) is 12.2 Å². The van der Waals surface area contributed by atoms with Crippen LogP contribution in [0.2, 0.25) is 0 Å². The molecule has 1 fully saturated rings. The second-order valence-electron chi connectivity index (χ2n) is 5.47. The maximum atomic E-state index is 12.5. The van der Waals surface area contributed by atoms with E-state index in [1.165, 1.54) is 10.0 Å². The fourth-order valence-corrected chi connectivity index (χ4v) is 2.91. The number of esters is 1. The SMILES string of the molecule is CCOC(=O)c1cccc(NC(=O)N2CCCN2C(=O)CCSC)c1. The minimum Gasteiger partial charge on any atom is -0.462 e. The fourth-order valence-electron chi connectivity index (χ4n) is 2.53. The Kier molecular flexibility index (Phi) is 7.12. The Hall–Kier alpha value is -2.22. The summed E-state index contributed by atoms with van der Waals surface area (Å²) in [7, 11) is 0. The average Bonchev–Trinajstić information content (AvgIpc) is 3.10. The number of carbonyl (C=O) groups excluding carboxylic acids is 3. The molecule has 0 atom stereocenters. The molecule has 0 aliphatic carbocycles. The van der Waals surface area contributed by atoms with Crippen LogP contribution in [0, 0.1) is 0 Å². The highest BCUT2D eigenvalue weighted by Gasteiger charge is 2.30. The van der Waals surface area contributed by atoms with Crippen molar-refractivity contribution in [1.29, 1.82) is 0 Å². The van der Waals surface area contributed by atoms with Gasteiger partial charge in [0.1, 0.15) is 0 Å². The molecule has 25 heavy (non-hydrogen) atoms. The van der Waals surface area contributed by atoms with Gasteiger partial charge in [-0.05, 0) is 37.8 Å². The molecule has 1 heterocycles. The zero-order valence-electron chi connectivity index (χ0n) is 14.5. The van der Waals surface area contributed by atoms with E-state index in [1.807, 2.05) is 6.26 Å². The molecule has 1 aliphatic heterocycles. The monoisotopic (exact) mass is 365 g/mol. The molecule has 1 N–H and O–H groups in total.